The number of nitrogen functional groups attached to an aromatic ring is 1. The van der Waals surface area contributed by atoms with Crippen LogP contribution in [0.5, 0.6) is 0 Å². The Morgan fingerprint density at radius 1 is 1.62 bits per heavy atom. The Morgan fingerprint density at radius 2 is 2.38 bits per heavy atom. The molecule has 0 bridgehead atoms. The van der Waals surface area contributed by atoms with E-state index in [2.05, 4.69) is 20.0 Å². The molecule has 0 aliphatic heterocycles. The molecule has 0 radical (unpaired) electrons. The normalized spacial score (nSPS) is 10.4. The second-order valence-corrected chi connectivity index (χ2v) is 3.83. The average molecular weight is 238 g/mol. The monoisotopic (exact) mass is 238 g/mol. The highest BCUT2D eigenvalue weighted by atomic mass is 32.1. The summed E-state index contributed by atoms with van der Waals surface area (Å²) in [6, 6.07) is 0. The third kappa shape index (κ3) is 1.74. The van der Waals surface area contributed by atoms with Gasteiger partial charge in [-0.05, 0) is 18.5 Å². The van der Waals surface area contributed by atoms with Crippen molar-refractivity contribution in [1.82, 2.24) is 19.4 Å². The maximum Gasteiger partial charge on any atom is 0.278 e. The van der Waals surface area contributed by atoms with Crippen LogP contribution in [0.4, 0.5) is 11.5 Å². The third-order valence-electron chi connectivity index (χ3n) is 2.09. The number of rotatable bonds is 2. The number of amides is 1. The Balaban J connectivity index is 2.25. The predicted molar refractivity (Wildman–Crippen MR) is 60.2 cm³/mol. The van der Waals surface area contributed by atoms with E-state index in [1.54, 1.807) is 19.4 Å². The highest BCUT2D eigenvalue weighted by molar-refractivity contribution is 7.03. The fourth-order valence-electron chi connectivity index (χ4n) is 1.26. The second kappa shape index (κ2) is 3.89. The first-order valence-corrected chi connectivity index (χ1v) is 5.30. The molecule has 8 heteroatoms. The molecule has 1 amide bonds. The lowest BCUT2D eigenvalue weighted by Gasteiger charge is -2.03. The first-order chi connectivity index (χ1) is 7.59. The SMILES string of the molecule is Cc1nn(C)c(NC(=O)c2csnn2)c1N. The smallest absolute Gasteiger partial charge is 0.278 e. The predicted octanol–water partition coefficient (Wildman–Crippen LogP) is 0.415. The summed E-state index contributed by atoms with van der Waals surface area (Å²) in [5, 5.41) is 12.0. The van der Waals surface area contributed by atoms with E-state index >= 15 is 0 Å². The van der Waals surface area contributed by atoms with Gasteiger partial charge in [-0.25, -0.2) is 0 Å². The molecule has 84 valence electrons. The number of hydrogen-bond donors (Lipinski definition) is 2. The Morgan fingerprint density at radius 3 is 2.88 bits per heavy atom. The second-order valence-electron chi connectivity index (χ2n) is 3.22. The lowest BCUT2D eigenvalue weighted by atomic mass is 10.3. The van der Waals surface area contributed by atoms with Gasteiger partial charge in [0, 0.05) is 12.4 Å². The van der Waals surface area contributed by atoms with E-state index in [1.165, 1.54) is 4.68 Å². The number of anilines is 2. The van der Waals surface area contributed by atoms with Crippen molar-refractivity contribution in [2.75, 3.05) is 11.1 Å². The van der Waals surface area contributed by atoms with Crippen molar-refractivity contribution >= 4 is 28.9 Å². The molecule has 2 aromatic heterocycles. The fourth-order valence-corrected chi connectivity index (χ4v) is 1.69. The maximum atomic E-state index is 11.7. The van der Waals surface area contributed by atoms with Crippen molar-refractivity contribution in [2.45, 2.75) is 6.92 Å². The fraction of sp³-hybridized carbons (Fsp3) is 0.250. The van der Waals surface area contributed by atoms with Gasteiger partial charge < -0.3 is 11.1 Å². The van der Waals surface area contributed by atoms with Gasteiger partial charge in [-0.15, -0.1) is 5.10 Å². The quantitative estimate of drug-likeness (QED) is 0.789. The minimum absolute atomic E-state index is 0.267. The molecule has 2 rings (SSSR count). The number of aryl methyl sites for hydroxylation is 2. The van der Waals surface area contributed by atoms with Crippen molar-refractivity contribution in [3.05, 3.63) is 16.8 Å². The molecule has 0 aromatic carbocycles. The van der Waals surface area contributed by atoms with E-state index in [9.17, 15) is 4.79 Å². The molecule has 0 atom stereocenters. The number of nitrogens with zero attached hydrogens (tertiary/aromatic N) is 4. The Hall–Kier alpha value is -1.96. The molecule has 0 aliphatic rings. The number of carbonyl (C=O) groups excluding carboxylic acids is 1. The van der Waals surface area contributed by atoms with Crippen molar-refractivity contribution in [3.63, 3.8) is 0 Å². The summed E-state index contributed by atoms with van der Waals surface area (Å²) >= 11 is 1.12. The minimum atomic E-state index is -0.344. The highest BCUT2D eigenvalue weighted by Crippen LogP contribution is 2.21. The van der Waals surface area contributed by atoms with Gasteiger partial charge in [0.05, 0.1) is 11.4 Å². The number of aromatic nitrogens is 4. The van der Waals surface area contributed by atoms with E-state index in [4.69, 9.17) is 5.73 Å². The average Bonchev–Trinajstić information content (AvgIpc) is 2.83. The van der Waals surface area contributed by atoms with Crippen LogP contribution in [0.3, 0.4) is 0 Å². The Kier molecular flexibility index (Phi) is 2.57. The van der Waals surface area contributed by atoms with E-state index in [1.807, 2.05) is 0 Å². The van der Waals surface area contributed by atoms with Gasteiger partial charge in [0.15, 0.2) is 11.5 Å². The van der Waals surface area contributed by atoms with Crippen molar-refractivity contribution in [2.24, 2.45) is 7.05 Å². The highest BCUT2D eigenvalue weighted by Gasteiger charge is 2.15. The number of hydrogen-bond acceptors (Lipinski definition) is 6. The van der Waals surface area contributed by atoms with Crippen LogP contribution in [0.2, 0.25) is 0 Å². The largest absolute Gasteiger partial charge is 0.394 e. The molecule has 2 heterocycles. The van der Waals surface area contributed by atoms with Gasteiger partial charge in [-0.2, -0.15) is 5.10 Å². The summed E-state index contributed by atoms with van der Waals surface area (Å²) in [6.07, 6.45) is 0. The summed E-state index contributed by atoms with van der Waals surface area (Å²) in [4.78, 5) is 11.7. The van der Waals surface area contributed by atoms with Crippen molar-refractivity contribution in [1.29, 1.82) is 0 Å². The van der Waals surface area contributed by atoms with Gasteiger partial charge in [0.25, 0.3) is 5.91 Å². The molecule has 0 aliphatic carbocycles. The van der Waals surface area contributed by atoms with Gasteiger partial charge in [-0.1, -0.05) is 4.49 Å². The summed E-state index contributed by atoms with van der Waals surface area (Å²) < 4.78 is 5.13. The lowest BCUT2D eigenvalue weighted by Crippen LogP contribution is -2.16. The number of nitrogens with one attached hydrogen (secondary N) is 1. The zero-order chi connectivity index (χ0) is 11.7. The maximum absolute atomic E-state index is 11.7. The van der Waals surface area contributed by atoms with Crippen LogP contribution in [0.25, 0.3) is 0 Å². The summed E-state index contributed by atoms with van der Waals surface area (Å²) in [5.74, 6) is 0.124. The first-order valence-electron chi connectivity index (χ1n) is 4.47. The molecule has 0 spiro atoms. The van der Waals surface area contributed by atoms with Crippen molar-refractivity contribution in [3.8, 4) is 0 Å². The zero-order valence-electron chi connectivity index (χ0n) is 8.76. The van der Waals surface area contributed by atoms with Gasteiger partial charge in [-0.3, -0.25) is 9.48 Å². The van der Waals surface area contributed by atoms with E-state index < -0.39 is 0 Å². The molecule has 0 fully saturated rings. The van der Waals surface area contributed by atoms with Gasteiger partial charge in [0.2, 0.25) is 0 Å². The van der Waals surface area contributed by atoms with Gasteiger partial charge >= 0.3 is 0 Å². The van der Waals surface area contributed by atoms with E-state index in [-0.39, 0.29) is 11.6 Å². The van der Waals surface area contributed by atoms with Crippen LogP contribution >= 0.6 is 11.5 Å². The van der Waals surface area contributed by atoms with Gasteiger partial charge in [0.1, 0.15) is 0 Å². The van der Waals surface area contributed by atoms with Crippen LogP contribution < -0.4 is 11.1 Å². The molecule has 0 saturated carbocycles. The third-order valence-corrected chi connectivity index (χ3v) is 2.60. The van der Waals surface area contributed by atoms with Crippen LogP contribution in [-0.4, -0.2) is 25.3 Å². The summed E-state index contributed by atoms with van der Waals surface area (Å²) in [7, 11) is 1.71. The first kappa shape index (κ1) is 10.6. The van der Waals surface area contributed by atoms with E-state index in [0.717, 1.165) is 11.5 Å². The molecular formula is C8H10N6OS. The van der Waals surface area contributed by atoms with Crippen molar-refractivity contribution < 1.29 is 4.79 Å². The summed E-state index contributed by atoms with van der Waals surface area (Å²) in [5.41, 5.74) is 7.17. The Bertz CT molecular complexity index is 517. The standard InChI is InChI=1S/C8H10N6OS/c1-4-6(9)7(14(2)12-4)10-8(15)5-3-16-13-11-5/h3H,9H2,1-2H3,(H,10,15). The summed E-state index contributed by atoms with van der Waals surface area (Å²) in [6.45, 7) is 1.77. The van der Waals surface area contributed by atoms with E-state index in [0.29, 0.717) is 17.2 Å². The van der Waals surface area contributed by atoms with Crippen LogP contribution in [0.15, 0.2) is 5.38 Å². The molecule has 3 N–H and O–H groups in total. The topological polar surface area (TPSA) is 98.7 Å². The molecule has 16 heavy (non-hydrogen) atoms. The number of carbonyl (C=O) groups is 1. The molecule has 7 nitrogen and oxygen atoms in total. The van der Waals surface area contributed by atoms with Crippen LogP contribution in [-0.2, 0) is 7.05 Å². The molecule has 2 aromatic rings. The zero-order valence-corrected chi connectivity index (χ0v) is 9.58. The van der Waals surface area contributed by atoms with Crippen LogP contribution in [0.1, 0.15) is 16.2 Å². The lowest BCUT2D eigenvalue weighted by molar-refractivity contribution is 0.102. The molecule has 0 saturated heterocycles. The Labute approximate surface area is 95.4 Å². The molecular weight excluding hydrogens is 228 g/mol. The number of nitrogens with two attached hydrogens (primary N) is 1. The van der Waals surface area contributed by atoms with Crippen LogP contribution in [0, 0.1) is 6.92 Å². The molecule has 0 unspecified atom stereocenters. The minimum Gasteiger partial charge on any atom is -0.394 e.